The second-order valence-corrected chi connectivity index (χ2v) is 6.97. The number of carbonyl (C=O) groups excluding carboxylic acids is 1. The topological polar surface area (TPSA) is 46.5 Å². The lowest BCUT2D eigenvalue weighted by molar-refractivity contribution is -0.138. The van der Waals surface area contributed by atoms with Gasteiger partial charge in [0.2, 0.25) is 0 Å². The van der Waals surface area contributed by atoms with Crippen molar-refractivity contribution in [1.82, 2.24) is 0 Å². The van der Waals surface area contributed by atoms with Crippen molar-refractivity contribution in [3.05, 3.63) is 53.1 Å². The molecule has 0 amide bonds. The Morgan fingerprint density at radius 1 is 1.36 bits per heavy atom. The number of benzene rings is 1. The van der Waals surface area contributed by atoms with E-state index < -0.39 is 0 Å². The molecular weight excluding hydrogens is 312 g/mol. The van der Waals surface area contributed by atoms with E-state index in [4.69, 9.17) is 4.74 Å². The molecule has 1 aromatic carbocycles. The van der Waals surface area contributed by atoms with Crippen LogP contribution in [0.1, 0.15) is 62.6 Å². The predicted octanol–water partition coefficient (Wildman–Crippen LogP) is 4.82. The molecule has 1 N–H and O–H groups in total. The lowest BCUT2D eigenvalue weighted by Crippen LogP contribution is -2.10. The largest absolute Gasteiger partial charge is 0.462 e. The minimum atomic E-state index is -0.362. The van der Waals surface area contributed by atoms with Crippen LogP contribution in [0.5, 0.6) is 0 Å². The molecule has 25 heavy (non-hydrogen) atoms. The first-order chi connectivity index (χ1) is 12.0. The first-order valence-corrected chi connectivity index (χ1v) is 9.29. The van der Waals surface area contributed by atoms with Gasteiger partial charge in [0.25, 0.3) is 0 Å². The van der Waals surface area contributed by atoms with Crippen molar-refractivity contribution in [2.24, 2.45) is 5.92 Å². The molecule has 3 heteroatoms. The second kappa shape index (κ2) is 9.57. The number of rotatable bonds is 8. The van der Waals surface area contributed by atoms with Crippen LogP contribution in [0.4, 0.5) is 0 Å². The predicted molar refractivity (Wildman–Crippen MR) is 102 cm³/mol. The molecular formula is C22H30O3. The molecule has 0 saturated heterocycles. The summed E-state index contributed by atoms with van der Waals surface area (Å²) in [6.07, 6.45) is 9.09. The second-order valence-electron chi connectivity index (χ2n) is 6.97. The number of aliphatic hydroxyl groups is 1. The minimum Gasteiger partial charge on any atom is -0.462 e. The fourth-order valence-electron chi connectivity index (χ4n) is 3.41. The maximum atomic E-state index is 11.5. The van der Waals surface area contributed by atoms with Crippen LogP contribution in [0, 0.1) is 5.92 Å². The van der Waals surface area contributed by atoms with Gasteiger partial charge < -0.3 is 9.84 Å². The quantitative estimate of drug-likeness (QED) is 0.544. The van der Waals surface area contributed by atoms with Gasteiger partial charge >= 0.3 is 5.97 Å². The Bertz CT molecular complexity index is 643. The molecule has 0 bridgehead atoms. The van der Waals surface area contributed by atoms with E-state index in [9.17, 15) is 9.90 Å². The molecule has 1 aliphatic rings. The van der Waals surface area contributed by atoms with E-state index in [1.807, 2.05) is 6.07 Å². The molecule has 3 nitrogen and oxygen atoms in total. The number of esters is 1. The van der Waals surface area contributed by atoms with Crippen molar-refractivity contribution >= 4 is 11.5 Å². The van der Waals surface area contributed by atoms with Crippen molar-refractivity contribution in [2.45, 2.75) is 59.0 Å². The van der Waals surface area contributed by atoms with Crippen molar-refractivity contribution in [3.8, 4) is 0 Å². The number of aliphatic hydroxyl groups excluding tert-OH is 1. The van der Waals surface area contributed by atoms with Crippen LogP contribution < -0.4 is 0 Å². The van der Waals surface area contributed by atoms with E-state index in [1.54, 1.807) is 6.92 Å². The van der Waals surface area contributed by atoms with Gasteiger partial charge in [0.1, 0.15) is 0 Å². The zero-order chi connectivity index (χ0) is 18.2. The first-order valence-electron chi connectivity index (χ1n) is 9.29. The Morgan fingerprint density at radius 2 is 2.16 bits per heavy atom. The Balaban J connectivity index is 2.06. The van der Waals surface area contributed by atoms with E-state index in [0.29, 0.717) is 18.6 Å². The molecule has 0 aromatic heterocycles. The summed E-state index contributed by atoms with van der Waals surface area (Å²) in [5.41, 5.74) is 4.98. The molecule has 136 valence electrons. The van der Waals surface area contributed by atoms with Gasteiger partial charge in [-0.3, -0.25) is 0 Å². The smallest absolute Gasteiger partial charge is 0.333 e. The lowest BCUT2D eigenvalue weighted by atomic mass is 9.83. The van der Waals surface area contributed by atoms with Crippen molar-refractivity contribution in [2.75, 3.05) is 6.61 Å². The molecule has 2 rings (SSSR count). The third-order valence-corrected chi connectivity index (χ3v) is 4.92. The number of hydrogen-bond acceptors (Lipinski definition) is 3. The highest BCUT2D eigenvalue weighted by molar-refractivity contribution is 5.86. The Morgan fingerprint density at radius 3 is 2.76 bits per heavy atom. The highest BCUT2D eigenvalue weighted by Crippen LogP contribution is 2.33. The third kappa shape index (κ3) is 5.57. The summed E-state index contributed by atoms with van der Waals surface area (Å²) in [5, 5.41) is 9.57. The Hall–Kier alpha value is -1.87. The molecule has 0 saturated carbocycles. The van der Waals surface area contributed by atoms with Gasteiger partial charge in [-0.25, -0.2) is 4.79 Å². The van der Waals surface area contributed by atoms with Crippen molar-refractivity contribution < 1.29 is 14.6 Å². The van der Waals surface area contributed by atoms with Crippen LogP contribution in [0.2, 0.25) is 0 Å². The molecule has 0 heterocycles. The van der Waals surface area contributed by atoms with Crippen LogP contribution in [-0.2, 0) is 22.6 Å². The van der Waals surface area contributed by atoms with Gasteiger partial charge in [-0.1, -0.05) is 50.6 Å². The highest BCUT2D eigenvalue weighted by atomic mass is 16.5. The average Bonchev–Trinajstić information content (AvgIpc) is 2.62. The molecule has 1 atom stereocenters. The van der Waals surface area contributed by atoms with Gasteiger partial charge in [-0.05, 0) is 54.4 Å². The summed E-state index contributed by atoms with van der Waals surface area (Å²) >= 11 is 0. The zero-order valence-corrected chi connectivity index (χ0v) is 15.5. The normalized spacial score (nSPS) is 17.1. The standard InChI is InChI=1S/C22H30O3/c1-4-5-17-6-8-18(9-7-17)19-10-11-21(15-23)20(14-19)12-13-25-22(24)16(2)3/h8,10-11,14,17,23H,2,4-7,9,12-13,15H2,1,3H3. The van der Waals surface area contributed by atoms with Gasteiger partial charge in [-0.2, -0.15) is 0 Å². The maximum absolute atomic E-state index is 11.5. The highest BCUT2D eigenvalue weighted by Gasteiger charge is 2.15. The van der Waals surface area contributed by atoms with E-state index in [0.717, 1.165) is 29.9 Å². The van der Waals surface area contributed by atoms with Crippen molar-refractivity contribution in [3.63, 3.8) is 0 Å². The third-order valence-electron chi connectivity index (χ3n) is 4.92. The number of ether oxygens (including phenoxy) is 1. The first kappa shape index (κ1) is 19.5. The summed E-state index contributed by atoms with van der Waals surface area (Å²) in [6, 6.07) is 6.23. The maximum Gasteiger partial charge on any atom is 0.333 e. The van der Waals surface area contributed by atoms with E-state index >= 15 is 0 Å². The number of hydrogen-bond donors (Lipinski definition) is 1. The van der Waals surface area contributed by atoms with E-state index in [-0.39, 0.29) is 12.6 Å². The number of allylic oxidation sites excluding steroid dienone is 2. The lowest BCUT2D eigenvalue weighted by Gasteiger charge is -2.22. The molecule has 1 aliphatic carbocycles. The summed E-state index contributed by atoms with van der Waals surface area (Å²) in [5.74, 6) is 0.463. The molecule has 0 spiro atoms. The number of carbonyl (C=O) groups is 1. The fourth-order valence-corrected chi connectivity index (χ4v) is 3.41. The summed E-state index contributed by atoms with van der Waals surface area (Å²) in [6.45, 7) is 7.79. The summed E-state index contributed by atoms with van der Waals surface area (Å²) in [4.78, 5) is 11.5. The van der Waals surface area contributed by atoms with E-state index in [2.05, 4.69) is 31.7 Å². The molecule has 0 radical (unpaired) electrons. The average molecular weight is 342 g/mol. The van der Waals surface area contributed by atoms with Crippen LogP contribution in [-0.4, -0.2) is 17.7 Å². The summed E-state index contributed by atoms with van der Waals surface area (Å²) < 4.78 is 5.20. The van der Waals surface area contributed by atoms with Gasteiger partial charge in [-0.15, -0.1) is 0 Å². The van der Waals surface area contributed by atoms with Gasteiger partial charge in [0.15, 0.2) is 0 Å². The SMILES string of the molecule is C=C(C)C(=O)OCCc1cc(C2=CCC(CCC)CC2)ccc1CO. The van der Waals surface area contributed by atoms with E-state index in [1.165, 1.54) is 30.4 Å². The van der Waals surface area contributed by atoms with Crippen LogP contribution in [0.15, 0.2) is 36.4 Å². The minimum absolute atomic E-state index is 0.00165. The summed E-state index contributed by atoms with van der Waals surface area (Å²) in [7, 11) is 0. The molecule has 0 fully saturated rings. The van der Waals surface area contributed by atoms with Crippen LogP contribution >= 0.6 is 0 Å². The van der Waals surface area contributed by atoms with Gasteiger partial charge in [0.05, 0.1) is 13.2 Å². The van der Waals surface area contributed by atoms with Crippen molar-refractivity contribution in [1.29, 1.82) is 0 Å². The molecule has 0 aliphatic heterocycles. The molecule has 1 unspecified atom stereocenters. The Labute approximate surface area is 151 Å². The van der Waals surface area contributed by atoms with Crippen LogP contribution in [0.25, 0.3) is 5.57 Å². The molecule has 1 aromatic rings. The fraction of sp³-hybridized carbons (Fsp3) is 0.500. The van der Waals surface area contributed by atoms with Crippen LogP contribution in [0.3, 0.4) is 0 Å². The Kier molecular flexibility index (Phi) is 7.45. The van der Waals surface area contributed by atoms with Gasteiger partial charge in [0, 0.05) is 12.0 Å². The monoisotopic (exact) mass is 342 g/mol. The zero-order valence-electron chi connectivity index (χ0n) is 15.5.